The van der Waals surface area contributed by atoms with E-state index < -0.39 is 0 Å². The lowest BCUT2D eigenvalue weighted by Gasteiger charge is -2.08. The SMILES string of the molecule is C1=CN2C=CNC2=CN=C1. The number of allylic oxidation sites excluding steroid dienone is 1. The molecule has 3 nitrogen and oxygen atoms in total. The van der Waals surface area contributed by atoms with Gasteiger partial charge in [0.15, 0.2) is 0 Å². The van der Waals surface area contributed by atoms with Crippen LogP contribution in [0.1, 0.15) is 0 Å². The molecule has 0 radical (unpaired) electrons. The molecule has 10 heavy (non-hydrogen) atoms. The van der Waals surface area contributed by atoms with Gasteiger partial charge < -0.3 is 10.2 Å². The van der Waals surface area contributed by atoms with Crippen LogP contribution in [-0.4, -0.2) is 11.1 Å². The molecule has 0 bridgehead atoms. The van der Waals surface area contributed by atoms with Crippen molar-refractivity contribution in [3.8, 4) is 0 Å². The van der Waals surface area contributed by atoms with Gasteiger partial charge in [0.2, 0.25) is 0 Å². The van der Waals surface area contributed by atoms with Gasteiger partial charge in [-0.3, -0.25) is 4.99 Å². The van der Waals surface area contributed by atoms with E-state index in [1.807, 2.05) is 29.6 Å². The number of hydrogen-bond acceptors (Lipinski definition) is 3. The van der Waals surface area contributed by atoms with E-state index in [0.29, 0.717) is 0 Å². The van der Waals surface area contributed by atoms with Crippen LogP contribution in [0, 0.1) is 0 Å². The molecule has 0 saturated heterocycles. The van der Waals surface area contributed by atoms with Crippen molar-refractivity contribution in [1.29, 1.82) is 0 Å². The summed E-state index contributed by atoms with van der Waals surface area (Å²) in [5, 5.41) is 3.04. The van der Waals surface area contributed by atoms with Gasteiger partial charge >= 0.3 is 0 Å². The van der Waals surface area contributed by atoms with Crippen LogP contribution in [0.2, 0.25) is 0 Å². The van der Waals surface area contributed by atoms with E-state index in [2.05, 4.69) is 10.3 Å². The van der Waals surface area contributed by atoms with Gasteiger partial charge in [0.25, 0.3) is 0 Å². The molecule has 3 heteroatoms. The highest BCUT2D eigenvalue weighted by molar-refractivity contribution is 5.72. The van der Waals surface area contributed by atoms with Crippen molar-refractivity contribution < 1.29 is 0 Å². The summed E-state index contributed by atoms with van der Waals surface area (Å²) in [6, 6.07) is 0. The highest BCUT2D eigenvalue weighted by Gasteiger charge is 2.07. The van der Waals surface area contributed by atoms with E-state index in [1.165, 1.54) is 0 Å². The van der Waals surface area contributed by atoms with Crippen molar-refractivity contribution in [1.82, 2.24) is 10.2 Å². The Kier molecular flexibility index (Phi) is 1.07. The number of hydrogen-bond donors (Lipinski definition) is 1. The van der Waals surface area contributed by atoms with Gasteiger partial charge in [-0.15, -0.1) is 0 Å². The molecule has 0 aliphatic carbocycles. The molecular weight excluding hydrogens is 126 g/mol. The first-order valence-electron chi connectivity index (χ1n) is 3.08. The second-order valence-electron chi connectivity index (χ2n) is 2.02. The molecule has 0 amide bonds. The number of rotatable bonds is 0. The Balaban J connectivity index is 2.35. The van der Waals surface area contributed by atoms with E-state index in [0.717, 1.165) is 5.82 Å². The van der Waals surface area contributed by atoms with Crippen LogP contribution in [0.15, 0.2) is 41.7 Å². The van der Waals surface area contributed by atoms with E-state index in [1.54, 1.807) is 12.4 Å². The second kappa shape index (κ2) is 2.02. The fourth-order valence-corrected chi connectivity index (χ4v) is 0.886. The lowest BCUT2D eigenvalue weighted by atomic mass is 10.6. The minimum absolute atomic E-state index is 0.991. The number of nitrogens with one attached hydrogen (secondary N) is 1. The summed E-state index contributed by atoms with van der Waals surface area (Å²) in [5.74, 6) is 0.991. The van der Waals surface area contributed by atoms with Crippen molar-refractivity contribution in [3.63, 3.8) is 0 Å². The van der Waals surface area contributed by atoms with E-state index in [9.17, 15) is 0 Å². The average Bonchev–Trinajstić information content (AvgIpc) is 2.28. The Morgan fingerprint density at radius 1 is 1.40 bits per heavy atom. The number of fused-ring (bicyclic) bond motifs is 1. The van der Waals surface area contributed by atoms with Crippen LogP contribution in [-0.2, 0) is 0 Å². The van der Waals surface area contributed by atoms with Crippen molar-refractivity contribution in [2.45, 2.75) is 0 Å². The Labute approximate surface area is 59.1 Å². The first kappa shape index (κ1) is 5.29. The van der Waals surface area contributed by atoms with Gasteiger partial charge in [-0.1, -0.05) is 0 Å². The summed E-state index contributed by atoms with van der Waals surface area (Å²) in [7, 11) is 0. The summed E-state index contributed by atoms with van der Waals surface area (Å²) >= 11 is 0. The zero-order valence-electron chi connectivity index (χ0n) is 5.36. The first-order chi connectivity index (χ1) is 4.97. The van der Waals surface area contributed by atoms with Gasteiger partial charge in [-0.25, -0.2) is 0 Å². The summed E-state index contributed by atoms with van der Waals surface area (Å²) in [5.41, 5.74) is 0. The molecule has 0 unspecified atom stereocenters. The maximum absolute atomic E-state index is 4.00. The molecule has 0 atom stereocenters. The Bertz CT molecular complexity index is 248. The largest absolute Gasteiger partial charge is 0.345 e. The second-order valence-corrected chi connectivity index (χ2v) is 2.02. The summed E-state index contributed by atoms with van der Waals surface area (Å²) < 4.78 is 0. The minimum Gasteiger partial charge on any atom is -0.345 e. The van der Waals surface area contributed by atoms with Crippen LogP contribution < -0.4 is 5.32 Å². The van der Waals surface area contributed by atoms with Crippen molar-refractivity contribution in [2.75, 3.05) is 0 Å². The number of nitrogens with zero attached hydrogens (tertiary/aromatic N) is 2. The molecular formula is C7H7N3. The quantitative estimate of drug-likeness (QED) is 0.528. The molecule has 2 heterocycles. The van der Waals surface area contributed by atoms with Crippen LogP contribution in [0.25, 0.3) is 0 Å². The minimum atomic E-state index is 0.991. The predicted molar refractivity (Wildman–Crippen MR) is 39.8 cm³/mol. The fraction of sp³-hybridized carbons (Fsp3) is 0. The molecule has 2 aliphatic heterocycles. The van der Waals surface area contributed by atoms with Crippen LogP contribution in [0.4, 0.5) is 0 Å². The lowest BCUT2D eigenvalue weighted by Crippen LogP contribution is -2.11. The highest BCUT2D eigenvalue weighted by Crippen LogP contribution is 2.09. The van der Waals surface area contributed by atoms with Gasteiger partial charge in [0, 0.05) is 24.8 Å². The monoisotopic (exact) mass is 133 g/mol. The van der Waals surface area contributed by atoms with Crippen molar-refractivity contribution in [3.05, 3.63) is 36.7 Å². The number of aliphatic imine (C=N–C) groups is 1. The maximum atomic E-state index is 4.00. The van der Waals surface area contributed by atoms with Gasteiger partial charge in [0.05, 0.1) is 6.20 Å². The molecule has 1 N–H and O–H groups in total. The van der Waals surface area contributed by atoms with E-state index in [-0.39, 0.29) is 0 Å². The summed E-state index contributed by atoms with van der Waals surface area (Å²) in [6.45, 7) is 0. The third kappa shape index (κ3) is 0.719. The predicted octanol–water partition coefficient (Wildman–Crippen LogP) is 0.760. The van der Waals surface area contributed by atoms with Gasteiger partial charge in [-0.2, -0.15) is 0 Å². The van der Waals surface area contributed by atoms with Crippen molar-refractivity contribution in [2.24, 2.45) is 4.99 Å². The van der Waals surface area contributed by atoms with E-state index in [4.69, 9.17) is 0 Å². The topological polar surface area (TPSA) is 27.6 Å². The Morgan fingerprint density at radius 2 is 2.40 bits per heavy atom. The van der Waals surface area contributed by atoms with Crippen LogP contribution in [0.3, 0.4) is 0 Å². The molecule has 0 spiro atoms. The normalized spacial score (nSPS) is 20.0. The molecule has 0 saturated carbocycles. The van der Waals surface area contributed by atoms with Crippen molar-refractivity contribution >= 4 is 6.21 Å². The Hall–Kier alpha value is -1.51. The third-order valence-corrected chi connectivity index (χ3v) is 1.36. The molecule has 50 valence electrons. The maximum Gasteiger partial charge on any atom is 0.132 e. The standard InChI is InChI=1S/C7H7N3/c1-2-8-6-7-9-3-5-10(7)4-1/h1-6,9H. The van der Waals surface area contributed by atoms with Gasteiger partial charge in [0.1, 0.15) is 5.82 Å². The lowest BCUT2D eigenvalue weighted by molar-refractivity contribution is 0.628. The Morgan fingerprint density at radius 3 is 3.40 bits per heavy atom. The molecule has 2 rings (SSSR count). The summed E-state index contributed by atoms with van der Waals surface area (Å²) in [4.78, 5) is 5.96. The molecule has 0 fully saturated rings. The zero-order valence-corrected chi connectivity index (χ0v) is 5.36. The molecule has 2 aliphatic rings. The fourth-order valence-electron chi connectivity index (χ4n) is 0.886. The van der Waals surface area contributed by atoms with Gasteiger partial charge in [-0.05, 0) is 6.08 Å². The van der Waals surface area contributed by atoms with Crippen LogP contribution >= 0.6 is 0 Å². The zero-order chi connectivity index (χ0) is 6.81. The summed E-state index contributed by atoms with van der Waals surface area (Å²) in [6.07, 6.45) is 11.2. The van der Waals surface area contributed by atoms with E-state index >= 15 is 0 Å². The molecule has 0 aromatic carbocycles. The van der Waals surface area contributed by atoms with Crippen LogP contribution in [0.5, 0.6) is 0 Å². The highest BCUT2D eigenvalue weighted by atomic mass is 15.3. The third-order valence-electron chi connectivity index (χ3n) is 1.36. The molecule has 0 aromatic rings. The first-order valence-corrected chi connectivity index (χ1v) is 3.08. The average molecular weight is 133 g/mol. The molecule has 0 aromatic heterocycles. The smallest absolute Gasteiger partial charge is 0.132 e.